The highest BCUT2D eigenvalue weighted by atomic mass is 32.1. The molecule has 0 saturated carbocycles. The molecule has 0 amide bonds. The summed E-state index contributed by atoms with van der Waals surface area (Å²) in [5, 5.41) is 10.3. The Balaban J connectivity index is 1.80. The van der Waals surface area contributed by atoms with Gasteiger partial charge in [0.05, 0.1) is 5.69 Å². The maximum absolute atomic E-state index is 4.52. The quantitative estimate of drug-likeness (QED) is 0.930. The molecule has 19 heavy (non-hydrogen) atoms. The molecule has 1 aliphatic rings. The first-order chi connectivity index (χ1) is 9.28. The molecule has 0 spiro atoms. The molecule has 4 heteroatoms. The molecule has 0 aliphatic heterocycles. The largest absolute Gasteiger partial charge is 0.316 e. The van der Waals surface area contributed by atoms with E-state index in [0.717, 1.165) is 6.42 Å². The molecule has 3 rings (SSSR count). The maximum atomic E-state index is 4.52. The molecule has 0 fully saturated rings. The molecular weight excluding hydrogens is 254 g/mol. The summed E-state index contributed by atoms with van der Waals surface area (Å²) < 4.78 is 1.89. The fraction of sp³-hybridized carbons (Fsp3) is 0.533. The van der Waals surface area contributed by atoms with E-state index in [1.165, 1.54) is 25.0 Å². The first-order valence-electron chi connectivity index (χ1n) is 7.00. The molecule has 0 bridgehead atoms. The minimum absolute atomic E-state index is 0.489. The van der Waals surface area contributed by atoms with Crippen molar-refractivity contribution in [3.8, 4) is 0 Å². The number of likely N-dealkylation sites (N-methyl/N-ethyl adjacent to an activating group) is 1. The van der Waals surface area contributed by atoms with Crippen LogP contribution in [0.4, 0.5) is 0 Å². The van der Waals surface area contributed by atoms with Gasteiger partial charge in [0.2, 0.25) is 0 Å². The summed E-state index contributed by atoms with van der Waals surface area (Å²) >= 11 is 1.92. The van der Waals surface area contributed by atoms with E-state index in [9.17, 15) is 0 Å². The SMILES string of the molecule is CNC(Cc1ccn(C)n1)C1CCCc2sccc21. The molecule has 1 aliphatic carbocycles. The molecule has 2 unspecified atom stereocenters. The first-order valence-corrected chi connectivity index (χ1v) is 7.88. The van der Waals surface area contributed by atoms with Gasteiger partial charge < -0.3 is 5.32 Å². The average Bonchev–Trinajstić information content (AvgIpc) is 3.04. The number of aryl methyl sites for hydroxylation is 2. The molecule has 0 radical (unpaired) electrons. The van der Waals surface area contributed by atoms with Gasteiger partial charge in [-0.2, -0.15) is 5.10 Å². The number of hydrogen-bond acceptors (Lipinski definition) is 3. The summed E-state index contributed by atoms with van der Waals surface area (Å²) in [5.41, 5.74) is 2.76. The second-order valence-corrected chi connectivity index (χ2v) is 6.38. The Bertz CT molecular complexity index is 543. The molecule has 102 valence electrons. The van der Waals surface area contributed by atoms with Gasteiger partial charge >= 0.3 is 0 Å². The van der Waals surface area contributed by atoms with Crippen LogP contribution in [0, 0.1) is 0 Å². The Morgan fingerprint density at radius 3 is 3.16 bits per heavy atom. The van der Waals surface area contributed by atoms with E-state index < -0.39 is 0 Å². The van der Waals surface area contributed by atoms with E-state index in [0.29, 0.717) is 12.0 Å². The van der Waals surface area contributed by atoms with Gasteiger partial charge in [0.1, 0.15) is 0 Å². The van der Waals surface area contributed by atoms with E-state index in [4.69, 9.17) is 0 Å². The Morgan fingerprint density at radius 2 is 2.42 bits per heavy atom. The van der Waals surface area contributed by atoms with Crippen LogP contribution in [0.25, 0.3) is 0 Å². The molecule has 2 aromatic heterocycles. The zero-order valence-corrected chi connectivity index (χ0v) is 12.4. The van der Waals surface area contributed by atoms with Crippen LogP contribution in [-0.2, 0) is 19.9 Å². The van der Waals surface area contributed by atoms with Crippen molar-refractivity contribution in [2.75, 3.05) is 7.05 Å². The van der Waals surface area contributed by atoms with Gasteiger partial charge in [-0.05, 0) is 49.4 Å². The average molecular weight is 275 g/mol. The zero-order valence-electron chi connectivity index (χ0n) is 11.6. The lowest BCUT2D eigenvalue weighted by molar-refractivity contribution is 0.410. The molecular formula is C15H21N3S. The van der Waals surface area contributed by atoms with Crippen LogP contribution in [-0.4, -0.2) is 22.9 Å². The van der Waals surface area contributed by atoms with Crippen molar-refractivity contribution >= 4 is 11.3 Å². The van der Waals surface area contributed by atoms with Crippen LogP contribution in [0.3, 0.4) is 0 Å². The van der Waals surface area contributed by atoms with Crippen LogP contribution in [0.1, 0.15) is 34.9 Å². The third kappa shape index (κ3) is 2.60. The highest BCUT2D eigenvalue weighted by Crippen LogP contribution is 2.37. The topological polar surface area (TPSA) is 29.9 Å². The Labute approximate surface area is 118 Å². The van der Waals surface area contributed by atoms with Gasteiger partial charge in [0.15, 0.2) is 0 Å². The predicted octanol–water partition coefficient (Wildman–Crippen LogP) is 2.73. The second kappa shape index (κ2) is 5.47. The molecule has 2 heterocycles. The van der Waals surface area contributed by atoms with Gasteiger partial charge in [-0.1, -0.05) is 0 Å². The van der Waals surface area contributed by atoms with Crippen molar-refractivity contribution in [3.05, 3.63) is 39.8 Å². The van der Waals surface area contributed by atoms with Crippen molar-refractivity contribution in [1.82, 2.24) is 15.1 Å². The Kier molecular flexibility index (Phi) is 3.71. The monoisotopic (exact) mass is 275 g/mol. The summed E-state index contributed by atoms with van der Waals surface area (Å²) in [4.78, 5) is 1.59. The van der Waals surface area contributed by atoms with Gasteiger partial charge in [-0.3, -0.25) is 4.68 Å². The van der Waals surface area contributed by atoms with Crippen molar-refractivity contribution in [2.45, 2.75) is 37.6 Å². The number of nitrogens with zero attached hydrogens (tertiary/aromatic N) is 2. The molecule has 1 N–H and O–H groups in total. The number of hydrogen-bond donors (Lipinski definition) is 1. The van der Waals surface area contributed by atoms with E-state index in [1.807, 2.05) is 29.3 Å². The maximum Gasteiger partial charge on any atom is 0.0640 e. The number of rotatable bonds is 4. The molecule has 2 atom stereocenters. The molecule has 3 nitrogen and oxygen atoms in total. The summed E-state index contributed by atoms with van der Waals surface area (Å²) in [5.74, 6) is 0.641. The van der Waals surface area contributed by atoms with Crippen LogP contribution >= 0.6 is 11.3 Å². The fourth-order valence-electron chi connectivity index (χ4n) is 3.18. The Hall–Kier alpha value is -1.13. The second-order valence-electron chi connectivity index (χ2n) is 5.38. The van der Waals surface area contributed by atoms with Crippen LogP contribution in [0.2, 0.25) is 0 Å². The smallest absolute Gasteiger partial charge is 0.0640 e. The highest BCUT2D eigenvalue weighted by molar-refractivity contribution is 7.10. The predicted molar refractivity (Wildman–Crippen MR) is 79.8 cm³/mol. The van der Waals surface area contributed by atoms with Gasteiger partial charge in [-0.15, -0.1) is 11.3 Å². The van der Waals surface area contributed by atoms with E-state index in [2.05, 4.69) is 35.0 Å². The number of nitrogens with one attached hydrogen (secondary N) is 1. The van der Waals surface area contributed by atoms with Crippen molar-refractivity contribution in [3.63, 3.8) is 0 Å². The minimum Gasteiger partial charge on any atom is -0.316 e. The third-order valence-corrected chi connectivity index (χ3v) is 5.15. The van der Waals surface area contributed by atoms with Crippen LogP contribution in [0.5, 0.6) is 0 Å². The standard InChI is InChI=1S/C15H21N3S/c1-16-14(10-11-6-8-18(2)17-11)12-4-3-5-15-13(12)7-9-19-15/h6-9,12,14,16H,3-5,10H2,1-2H3. The fourth-order valence-corrected chi connectivity index (χ4v) is 4.18. The third-order valence-electron chi connectivity index (χ3n) is 4.15. The number of aromatic nitrogens is 2. The minimum atomic E-state index is 0.489. The first kappa shape index (κ1) is 12.9. The summed E-state index contributed by atoms with van der Waals surface area (Å²) in [7, 11) is 4.06. The van der Waals surface area contributed by atoms with E-state index in [1.54, 1.807) is 10.4 Å². The van der Waals surface area contributed by atoms with Gasteiger partial charge in [-0.25, -0.2) is 0 Å². The molecule has 0 saturated heterocycles. The molecule has 2 aromatic rings. The summed E-state index contributed by atoms with van der Waals surface area (Å²) in [6.45, 7) is 0. The number of fused-ring (bicyclic) bond motifs is 1. The van der Waals surface area contributed by atoms with Gasteiger partial charge in [0.25, 0.3) is 0 Å². The van der Waals surface area contributed by atoms with E-state index in [-0.39, 0.29) is 0 Å². The number of thiophene rings is 1. The lowest BCUT2D eigenvalue weighted by atomic mass is 9.81. The zero-order chi connectivity index (χ0) is 13.2. The van der Waals surface area contributed by atoms with Crippen molar-refractivity contribution in [1.29, 1.82) is 0 Å². The van der Waals surface area contributed by atoms with Gasteiger partial charge in [0, 0.05) is 36.5 Å². The van der Waals surface area contributed by atoms with Crippen LogP contribution in [0.15, 0.2) is 23.7 Å². The van der Waals surface area contributed by atoms with Crippen molar-refractivity contribution < 1.29 is 0 Å². The summed E-state index contributed by atoms with van der Waals surface area (Å²) in [6, 6.07) is 4.94. The van der Waals surface area contributed by atoms with Crippen LogP contribution < -0.4 is 5.32 Å². The normalized spacial score (nSPS) is 20.2. The van der Waals surface area contributed by atoms with E-state index >= 15 is 0 Å². The Morgan fingerprint density at radius 1 is 1.53 bits per heavy atom. The lowest BCUT2D eigenvalue weighted by Crippen LogP contribution is -2.35. The van der Waals surface area contributed by atoms with Crippen molar-refractivity contribution in [2.24, 2.45) is 7.05 Å². The lowest BCUT2D eigenvalue weighted by Gasteiger charge is -2.30. The molecule has 0 aromatic carbocycles. The summed E-state index contributed by atoms with van der Waals surface area (Å²) in [6.07, 6.45) is 6.92. The highest BCUT2D eigenvalue weighted by Gasteiger charge is 2.28.